The number of carbonyl (C=O) groups is 3. The van der Waals surface area contributed by atoms with Crippen molar-refractivity contribution in [2.75, 3.05) is 24.7 Å². The van der Waals surface area contributed by atoms with Gasteiger partial charge in [-0.2, -0.15) is 0 Å². The zero-order chi connectivity index (χ0) is 30.1. The first-order valence-electron chi connectivity index (χ1n) is 14.9. The third-order valence-corrected chi connectivity index (χ3v) is 11.4. The van der Waals surface area contributed by atoms with E-state index in [0.29, 0.717) is 6.61 Å². The van der Waals surface area contributed by atoms with E-state index in [2.05, 4.69) is 20.1 Å². The third-order valence-electron chi connectivity index (χ3n) is 9.34. The average molecular weight is 583 g/mol. The van der Waals surface area contributed by atoms with Crippen LogP contribution in [0.3, 0.4) is 0 Å². The van der Waals surface area contributed by atoms with E-state index >= 15 is 0 Å². The lowest BCUT2D eigenvalue weighted by Crippen LogP contribution is -2.60. The number of allylic oxidation sites excluding steroid dienone is 1. The van der Waals surface area contributed by atoms with Crippen LogP contribution in [0.25, 0.3) is 0 Å². The molecular formula is C33H46N2O5S. The number of hydrogen-bond acceptors (Lipinski definition) is 6. The minimum Gasteiger partial charge on any atom is -0.465 e. The number of para-hydroxylation sites is 1. The number of unbranched alkanes of at least 4 members (excludes halogenated alkanes) is 2. The summed E-state index contributed by atoms with van der Waals surface area (Å²) in [5.41, 5.74) is 2.74. The molecule has 1 aromatic carbocycles. The number of hydrogen-bond donors (Lipinski definition) is 1. The lowest BCUT2D eigenvalue weighted by Gasteiger charge is -2.43. The van der Waals surface area contributed by atoms with Crippen LogP contribution in [0.2, 0.25) is 0 Å². The molecule has 3 unspecified atom stereocenters. The van der Waals surface area contributed by atoms with E-state index in [1.807, 2.05) is 52.0 Å². The number of rotatable bonds is 13. The standard InChI is InChI=1S/C33H46N2O5S/c1-8-10-11-12-17-40-32(39)26-25-18-23(7)33(41-25)27(26)30(37)35(24(19-36)20(3)4)29(33)31(38)34(16-9-2)28-21(5)14-13-15-22(28)6/h8-9,13-15,20,23-27,29,36H,1-2,10-12,16-19H2,3-7H3/t23?,24-,25-,26+,27-,29?,33?/m0/s1. The Labute approximate surface area is 249 Å². The zero-order valence-electron chi connectivity index (χ0n) is 25.2. The molecule has 7 nitrogen and oxygen atoms in total. The molecule has 1 aromatic rings. The number of aliphatic hydroxyl groups excluding tert-OH is 1. The van der Waals surface area contributed by atoms with E-state index in [-0.39, 0.29) is 48.0 Å². The Morgan fingerprint density at radius 3 is 2.49 bits per heavy atom. The molecule has 3 aliphatic heterocycles. The van der Waals surface area contributed by atoms with Crippen molar-refractivity contribution < 1.29 is 24.2 Å². The molecule has 1 spiro atoms. The van der Waals surface area contributed by atoms with Crippen LogP contribution >= 0.6 is 11.8 Å². The molecule has 3 saturated heterocycles. The summed E-state index contributed by atoms with van der Waals surface area (Å²) in [7, 11) is 0. The SMILES string of the molecule is C=CCCCCOC(=O)[C@@H]1[C@@H]2CC(C)C3(S2)C(C(=O)N(CC=C)c2c(C)cccc2C)N([C@@H](CO)C(C)C)C(=O)[C@H]13. The summed E-state index contributed by atoms with van der Waals surface area (Å²) in [6.07, 6.45) is 6.78. The van der Waals surface area contributed by atoms with Crippen LogP contribution in [0, 0.1) is 37.5 Å². The van der Waals surface area contributed by atoms with Crippen molar-refractivity contribution in [1.82, 2.24) is 4.90 Å². The summed E-state index contributed by atoms with van der Waals surface area (Å²) >= 11 is 1.63. The molecule has 2 amide bonds. The quantitative estimate of drug-likeness (QED) is 0.198. The molecule has 3 fully saturated rings. The van der Waals surface area contributed by atoms with Crippen molar-refractivity contribution in [3.63, 3.8) is 0 Å². The minimum absolute atomic E-state index is 0.0251. The molecule has 3 aliphatic rings. The van der Waals surface area contributed by atoms with Gasteiger partial charge in [-0.3, -0.25) is 14.4 Å². The van der Waals surface area contributed by atoms with Gasteiger partial charge in [0.2, 0.25) is 5.91 Å². The molecule has 0 aliphatic carbocycles. The maximum atomic E-state index is 14.9. The highest BCUT2D eigenvalue weighted by Crippen LogP contribution is 2.69. The zero-order valence-corrected chi connectivity index (χ0v) is 26.0. The van der Waals surface area contributed by atoms with Gasteiger partial charge < -0.3 is 19.6 Å². The van der Waals surface area contributed by atoms with Crippen molar-refractivity contribution in [3.8, 4) is 0 Å². The van der Waals surface area contributed by atoms with E-state index in [1.165, 1.54) is 0 Å². The number of amides is 2. The van der Waals surface area contributed by atoms with E-state index in [9.17, 15) is 19.5 Å². The summed E-state index contributed by atoms with van der Waals surface area (Å²) in [6, 6.07) is 4.55. The Balaban J connectivity index is 1.79. The summed E-state index contributed by atoms with van der Waals surface area (Å²) in [5, 5.41) is 10.5. The van der Waals surface area contributed by atoms with Gasteiger partial charge in [0.15, 0.2) is 0 Å². The van der Waals surface area contributed by atoms with E-state index < -0.39 is 28.7 Å². The highest BCUT2D eigenvalue weighted by atomic mass is 32.2. The van der Waals surface area contributed by atoms with Gasteiger partial charge >= 0.3 is 5.97 Å². The average Bonchev–Trinajstić information content (AvgIpc) is 3.51. The fraction of sp³-hybridized carbons (Fsp3) is 0.606. The van der Waals surface area contributed by atoms with Gasteiger partial charge in [-0.05, 0) is 62.5 Å². The number of anilines is 1. The molecule has 7 atom stereocenters. The normalized spacial score (nSPS) is 29.0. The largest absolute Gasteiger partial charge is 0.465 e. The number of aryl methyl sites for hydroxylation is 2. The van der Waals surface area contributed by atoms with Gasteiger partial charge in [-0.15, -0.1) is 24.9 Å². The molecule has 2 bridgehead atoms. The van der Waals surface area contributed by atoms with Crippen LogP contribution in [0.4, 0.5) is 5.69 Å². The molecule has 0 radical (unpaired) electrons. The number of fused-ring (bicyclic) bond motifs is 1. The molecule has 0 aromatic heterocycles. The topological polar surface area (TPSA) is 87.2 Å². The lowest BCUT2D eigenvalue weighted by atomic mass is 9.66. The van der Waals surface area contributed by atoms with Gasteiger partial charge in [0, 0.05) is 17.5 Å². The molecule has 1 N–H and O–H groups in total. The van der Waals surface area contributed by atoms with Gasteiger partial charge in [0.25, 0.3) is 5.91 Å². The Morgan fingerprint density at radius 2 is 1.90 bits per heavy atom. The van der Waals surface area contributed by atoms with Crippen molar-refractivity contribution in [3.05, 3.63) is 54.6 Å². The lowest BCUT2D eigenvalue weighted by molar-refractivity contribution is -0.155. The van der Waals surface area contributed by atoms with Crippen LogP contribution in [0.1, 0.15) is 57.6 Å². The maximum Gasteiger partial charge on any atom is 0.310 e. The van der Waals surface area contributed by atoms with Gasteiger partial charge in [-0.25, -0.2) is 0 Å². The van der Waals surface area contributed by atoms with Crippen molar-refractivity contribution in [2.45, 2.75) is 82.4 Å². The van der Waals surface area contributed by atoms with Crippen LogP contribution in [-0.4, -0.2) is 69.6 Å². The predicted molar refractivity (Wildman–Crippen MR) is 165 cm³/mol. The molecule has 3 heterocycles. The second-order valence-corrected chi connectivity index (χ2v) is 13.8. The fourth-order valence-electron chi connectivity index (χ4n) is 7.44. The molecule has 224 valence electrons. The number of likely N-dealkylation sites (tertiary alicyclic amines) is 1. The summed E-state index contributed by atoms with van der Waals surface area (Å²) in [6.45, 7) is 18.0. The number of thioether (sulfide) groups is 1. The van der Waals surface area contributed by atoms with Crippen molar-refractivity contribution in [1.29, 1.82) is 0 Å². The molecular weight excluding hydrogens is 536 g/mol. The van der Waals surface area contributed by atoms with Gasteiger partial charge in [-0.1, -0.05) is 51.1 Å². The van der Waals surface area contributed by atoms with Crippen molar-refractivity contribution >= 4 is 35.2 Å². The van der Waals surface area contributed by atoms with E-state index in [0.717, 1.165) is 42.5 Å². The smallest absolute Gasteiger partial charge is 0.310 e. The highest BCUT2D eigenvalue weighted by molar-refractivity contribution is 8.02. The number of benzene rings is 1. The molecule has 4 rings (SSSR count). The van der Waals surface area contributed by atoms with E-state index in [4.69, 9.17) is 4.74 Å². The van der Waals surface area contributed by atoms with Crippen molar-refractivity contribution in [2.24, 2.45) is 23.7 Å². The monoisotopic (exact) mass is 582 g/mol. The van der Waals surface area contributed by atoms with Crippen LogP contribution < -0.4 is 4.90 Å². The number of carbonyl (C=O) groups excluding carboxylic acids is 3. The number of esters is 1. The maximum absolute atomic E-state index is 14.9. The predicted octanol–water partition coefficient (Wildman–Crippen LogP) is 5.08. The number of aliphatic hydroxyl groups is 1. The van der Waals surface area contributed by atoms with Crippen LogP contribution in [-0.2, 0) is 19.1 Å². The highest BCUT2D eigenvalue weighted by Gasteiger charge is 2.77. The third kappa shape index (κ3) is 5.27. The first kappa shape index (κ1) is 31.4. The number of nitrogens with zero attached hydrogens (tertiary/aromatic N) is 2. The van der Waals surface area contributed by atoms with Crippen LogP contribution in [0.5, 0.6) is 0 Å². The fourth-order valence-corrected chi connectivity index (χ4v) is 9.83. The minimum atomic E-state index is -0.825. The summed E-state index contributed by atoms with van der Waals surface area (Å²) in [5.74, 6) is -2.09. The Kier molecular flexibility index (Phi) is 9.74. The second-order valence-electron chi connectivity index (χ2n) is 12.2. The first-order chi connectivity index (χ1) is 19.6. The summed E-state index contributed by atoms with van der Waals surface area (Å²) < 4.78 is 4.96. The Hall–Kier alpha value is -2.58. The van der Waals surface area contributed by atoms with Gasteiger partial charge in [0.1, 0.15) is 6.04 Å². The molecule has 41 heavy (non-hydrogen) atoms. The Morgan fingerprint density at radius 1 is 1.22 bits per heavy atom. The number of ether oxygens (including phenoxy) is 1. The Bertz CT molecular complexity index is 1160. The summed E-state index contributed by atoms with van der Waals surface area (Å²) in [4.78, 5) is 46.4. The van der Waals surface area contributed by atoms with Gasteiger partial charge in [0.05, 0.1) is 35.8 Å². The molecule has 0 saturated carbocycles. The first-order valence-corrected chi connectivity index (χ1v) is 15.8. The second kappa shape index (κ2) is 12.7. The molecule has 8 heteroatoms. The van der Waals surface area contributed by atoms with E-state index in [1.54, 1.807) is 27.6 Å². The van der Waals surface area contributed by atoms with Crippen LogP contribution in [0.15, 0.2) is 43.5 Å².